The van der Waals surface area contributed by atoms with E-state index in [1.54, 1.807) is 24.3 Å². The normalized spacial score (nSPS) is 11.8. The van der Waals surface area contributed by atoms with Crippen molar-refractivity contribution in [2.24, 2.45) is 0 Å². The van der Waals surface area contributed by atoms with E-state index in [-0.39, 0.29) is 11.1 Å². The third kappa shape index (κ3) is 4.73. The number of non-ortho nitro benzene ring substituents is 2. The zero-order chi connectivity index (χ0) is 27.7. The number of hydrogen-bond donors (Lipinski definition) is 0. The summed E-state index contributed by atoms with van der Waals surface area (Å²) in [7, 11) is 1.48. The minimum Gasteiger partial charge on any atom is -0.332 e. The van der Waals surface area contributed by atoms with Crippen molar-refractivity contribution >= 4 is 28.2 Å². The van der Waals surface area contributed by atoms with Gasteiger partial charge >= 0.3 is 0 Å². The number of carbonyl (C=O) groups excluding carboxylic acids is 1. The van der Waals surface area contributed by atoms with Gasteiger partial charge in [-0.15, -0.1) is 0 Å². The molecule has 0 aliphatic carbocycles. The highest BCUT2D eigenvalue weighted by molar-refractivity contribution is 5.95. The van der Waals surface area contributed by atoms with Gasteiger partial charge in [0.15, 0.2) is 0 Å². The zero-order valence-corrected chi connectivity index (χ0v) is 21.2. The minimum absolute atomic E-state index is 0.215. The van der Waals surface area contributed by atoms with Crippen molar-refractivity contribution in [1.82, 2.24) is 14.5 Å². The number of nitrogens with zero attached hydrogens (tertiary/aromatic N) is 5. The number of aromatic nitrogens is 2. The van der Waals surface area contributed by atoms with Gasteiger partial charge in [-0.25, -0.2) is 4.98 Å². The van der Waals surface area contributed by atoms with E-state index in [1.807, 2.05) is 39.0 Å². The summed E-state index contributed by atoms with van der Waals surface area (Å²) >= 11 is 0. The Morgan fingerprint density at radius 3 is 2.21 bits per heavy atom. The Morgan fingerprint density at radius 1 is 1.00 bits per heavy atom. The number of nitro groups is 2. The molecule has 11 heteroatoms. The number of hydrogen-bond acceptors (Lipinski definition) is 7. The highest BCUT2D eigenvalue weighted by atomic mass is 16.6. The van der Waals surface area contributed by atoms with E-state index in [0.717, 1.165) is 29.3 Å². The molecule has 0 aliphatic heterocycles. The maximum atomic E-state index is 13.8. The summed E-state index contributed by atoms with van der Waals surface area (Å²) in [6.45, 7) is 5.64. The van der Waals surface area contributed by atoms with Gasteiger partial charge in [-0.1, -0.05) is 36.8 Å². The molecule has 0 saturated heterocycles. The Balaban J connectivity index is 1.92. The standard InChI is InChI=1S/C27H25N5O6/c1-5-23(29(4)26(33)18-13-19(31(35)36)15-20(14-18)32(37)38)25-28-22-9-7-6-8-21(22)27(34)30(25)24-11-10-16(2)12-17(24)3/h6-15,23H,5H2,1-4H3. The predicted octanol–water partition coefficient (Wildman–Crippen LogP) is 5.04. The Morgan fingerprint density at radius 2 is 1.63 bits per heavy atom. The first-order valence-corrected chi connectivity index (χ1v) is 11.8. The molecule has 1 aromatic heterocycles. The molecule has 0 bridgehead atoms. The van der Waals surface area contributed by atoms with E-state index in [2.05, 4.69) is 0 Å². The third-order valence-electron chi connectivity index (χ3n) is 6.44. The molecule has 4 rings (SSSR count). The molecular weight excluding hydrogens is 490 g/mol. The van der Waals surface area contributed by atoms with Crippen molar-refractivity contribution in [2.45, 2.75) is 33.2 Å². The van der Waals surface area contributed by atoms with Gasteiger partial charge in [0, 0.05) is 19.2 Å². The molecule has 1 amide bonds. The molecule has 3 aromatic carbocycles. The van der Waals surface area contributed by atoms with Crippen molar-refractivity contribution < 1.29 is 14.6 Å². The van der Waals surface area contributed by atoms with Gasteiger partial charge in [0.1, 0.15) is 5.82 Å². The molecule has 4 aromatic rings. The summed E-state index contributed by atoms with van der Waals surface area (Å²) in [6.07, 6.45) is 0.342. The molecule has 0 aliphatic rings. The molecular formula is C27H25N5O6. The fraction of sp³-hybridized carbons (Fsp3) is 0.222. The quantitative estimate of drug-likeness (QED) is 0.248. The Kier molecular flexibility index (Phi) is 7.02. The fourth-order valence-corrected chi connectivity index (χ4v) is 4.57. The molecule has 194 valence electrons. The maximum absolute atomic E-state index is 13.8. The second-order valence-corrected chi connectivity index (χ2v) is 9.01. The molecule has 0 radical (unpaired) electrons. The monoisotopic (exact) mass is 515 g/mol. The SMILES string of the molecule is CCC(c1nc2ccccc2c(=O)n1-c1ccc(C)cc1C)N(C)C(=O)c1cc([N+](=O)[O-])cc([N+](=O)[O-])c1. The van der Waals surface area contributed by atoms with E-state index in [9.17, 15) is 29.8 Å². The van der Waals surface area contributed by atoms with Crippen LogP contribution in [-0.4, -0.2) is 37.3 Å². The van der Waals surface area contributed by atoms with Crippen LogP contribution in [-0.2, 0) is 0 Å². The van der Waals surface area contributed by atoms with E-state index < -0.39 is 33.2 Å². The smallest absolute Gasteiger partial charge is 0.277 e. The number of nitro benzene ring substituents is 2. The Hall–Kier alpha value is -4.93. The number of para-hydroxylation sites is 1. The van der Waals surface area contributed by atoms with Crippen LogP contribution in [0.5, 0.6) is 0 Å². The first-order valence-electron chi connectivity index (χ1n) is 11.8. The van der Waals surface area contributed by atoms with Crippen LogP contribution < -0.4 is 5.56 Å². The second-order valence-electron chi connectivity index (χ2n) is 9.01. The van der Waals surface area contributed by atoms with Crippen LogP contribution in [0, 0.1) is 34.1 Å². The van der Waals surface area contributed by atoms with Crippen LogP contribution >= 0.6 is 0 Å². The number of benzene rings is 3. The lowest BCUT2D eigenvalue weighted by Crippen LogP contribution is -2.36. The molecule has 1 heterocycles. The van der Waals surface area contributed by atoms with E-state index in [4.69, 9.17) is 4.98 Å². The van der Waals surface area contributed by atoms with Gasteiger partial charge in [-0.05, 0) is 44.0 Å². The maximum Gasteiger partial charge on any atom is 0.277 e. The number of amides is 1. The molecule has 0 saturated carbocycles. The van der Waals surface area contributed by atoms with Crippen molar-refractivity contribution in [1.29, 1.82) is 0 Å². The number of carbonyl (C=O) groups is 1. The zero-order valence-electron chi connectivity index (χ0n) is 21.2. The lowest BCUT2D eigenvalue weighted by Gasteiger charge is -2.29. The molecule has 1 unspecified atom stereocenters. The molecule has 0 N–H and O–H groups in total. The van der Waals surface area contributed by atoms with Crippen molar-refractivity contribution in [3.63, 3.8) is 0 Å². The summed E-state index contributed by atoms with van der Waals surface area (Å²) in [5.41, 5.74) is 1.26. The Labute approximate surface area is 217 Å². The number of rotatable bonds is 7. The highest BCUT2D eigenvalue weighted by Gasteiger charge is 2.29. The van der Waals surface area contributed by atoms with Crippen LogP contribution in [0.25, 0.3) is 16.6 Å². The van der Waals surface area contributed by atoms with Crippen molar-refractivity contribution in [3.8, 4) is 5.69 Å². The van der Waals surface area contributed by atoms with Gasteiger partial charge in [0.25, 0.3) is 22.8 Å². The van der Waals surface area contributed by atoms with Crippen LogP contribution in [0.1, 0.15) is 46.7 Å². The van der Waals surface area contributed by atoms with E-state index in [1.165, 1.54) is 16.5 Å². The van der Waals surface area contributed by atoms with Crippen LogP contribution in [0.2, 0.25) is 0 Å². The summed E-state index contributed by atoms with van der Waals surface area (Å²) in [5.74, 6) is -0.378. The van der Waals surface area contributed by atoms with E-state index >= 15 is 0 Å². The lowest BCUT2D eigenvalue weighted by molar-refractivity contribution is -0.394. The third-order valence-corrected chi connectivity index (χ3v) is 6.44. The van der Waals surface area contributed by atoms with Gasteiger partial charge in [-0.2, -0.15) is 0 Å². The van der Waals surface area contributed by atoms with Gasteiger partial charge < -0.3 is 4.90 Å². The summed E-state index contributed by atoms with van der Waals surface area (Å²) in [4.78, 5) is 54.6. The molecule has 11 nitrogen and oxygen atoms in total. The second kappa shape index (κ2) is 10.2. The molecule has 1 atom stereocenters. The largest absolute Gasteiger partial charge is 0.332 e. The van der Waals surface area contributed by atoms with Gasteiger partial charge in [-0.3, -0.25) is 34.4 Å². The summed E-state index contributed by atoms with van der Waals surface area (Å²) < 4.78 is 1.49. The highest BCUT2D eigenvalue weighted by Crippen LogP contribution is 2.29. The predicted molar refractivity (Wildman–Crippen MR) is 142 cm³/mol. The topological polar surface area (TPSA) is 141 Å². The average Bonchev–Trinajstić information content (AvgIpc) is 2.89. The first kappa shape index (κ1) is 26.1. The summed E-state index contributed by atoms with van der Waals surface area (Å²) in [5, 5.41) is 23.1. The van der Waals surface area contributed by atoms with Crippen LogP contribution in [0.4, 0.5) is 11.4 Å². The van der Waals surface area contributed by atoms with Crippen LogP contribution in [0.3, 0.4) is 0 Å². The molecule has 0 spiro atoms. The lowest BCUT2D eigenvalue weighted by atomic mass is 10.1. The van der Waals surface area contributed by atoms with Gasteiger partial charge in [0.2, 0.25) is 0 Å². The van der Waals surface area contributed by atoms with Crippen molar-refractivity contribution in [3.05, 3.63) is 114 Å². The molecule has 38 heavy (non-hydrogen) atoms. The van der Waals surface area contributed by atoms with Crippen LogP contribution in [0.15, 0.2) is 65.5 Å². The van der Waals surface area contributed by atoms with Gasteiger partial charge in [0.05, 0.1) is 44.1 Å². The molecule has 0 fully saturated rings. The van der Waals surface area contributed by atoms with Crippen molar-refractivity contribution in [2.75, 3.05) is 7.05 Å². The van der Waals surface area contributed by atoms with E-state index in [0.29, 0.717) is 28.8 Å². The Bertz CT molecular complexity index is 1630. The summed E-state index contributed by atoms with van der Waals surface area (Å²) in [6, 6.07) is 14.6. The fourth-order valence-electron chi connectivity index (χ4n) is 4.57. The average molecular weight is 516 g/mol. The first-order chi connectivity index (χ1) is 18.0. The minimum atomic E-state index is -0.788. The number of aryl methyl sites for hydroxylation is 2. The number of fused-ring (bicyclic) bond motifs is 1.